The molecule has 1 saturated carbocycles. The van der Waals surface area contributed by atoms with Crippen LogP contribution in [0.3, 0.4) is 0 Å². The Labute approximate surface area is 132 Å². The Hall–Kier alpha value is -1.37. The summed E-state index contributed by atoms with van der Waals surface area (Å²) in [6.45, 7) is 5.55. The molecule has 7 heteroatoms. The van der Waals surface area contributed by atoms with Crippen LogP contribution in [0.25, 0.3) is 0 Å². The Kier molecular flexibility index (Phi) is 5.26. The van der Waals surface area contributed by atoms with Gasteiger partial charge in [-0.15, -0.1) is 0 Å². The zero-order valence-corrected chi connectivity index (χ0v) is 14.3. The van der Waals surface area contributed by atoms with Crippen molar-refractivity contribution >= 4 is 15.9 Å². The first-order chi connectivity index (χ1) is 10.3. The number of carbonyl (C=O) groups is 1. The van der Waals surface area contributed by atoms with Gasteiger partial charge in [-0.1, -0.05) is 26.7 Å². The maximum atomic E-state index is 12.3. The van der Waals surface area contributed by atoms with E-state index in [0.29, 0.717) is 12.1 Å². The Balaban J connectivity index is 2.11. The van der Waals surface area contributed by atoms with Crippen molar-refractivity contribution in [1.29, 1.82) is 0 Å². The molecule has 0 saturated heterocycles. The quantitative estimate of drug-likeness (QED) is 0.870. The van der Waals surface area contributed by atoms with E-state index in [9.17, 15) is 13.2 Å². The van der Waals surface area contributed by atoms with Crippen LogP contribution < -0.4 is 4.72 Å². The molecule has 1 fully saturated rings. The number of sulfonamides is 1. The fourth-order valence-corrected chi connectivity index (χ4v) is 4.21. The van der Waals surface area contributed by atoms with Crippen LogP contribution in [0.4, 0.5) is 0 Å². The van der Waals surface area contributed by atoms with E-state index >= 15 is 0 Å². The van der Waals surface area contributed by atoms with E-state index in [-0.39, 0.29) is 12.0 Å². The first-order valence-electron chi connectivity index (χ1n) is 7.90. The summed E-state index contributed by atoms with van der Waals surface area (Å²) in [4.78, 5) is 12.3. The van der Waals surface area contributed by atoms with E-state index in [0.717, 1.165) is 25.7 Å². The molecule has 1 aromatic heterocycles. The molecule has 1 aliphatic carbocycles. The summed E-state index contributed by atoms with van der Waals surface area (Å²) in [5.41, 5.74) is 0.326. The minimum atomic E-state index is -3.66. The summed E-state index contributed by atoms with van der Waals surface area (Å²) in [5.74, 6) is -0.328. The van der Waals surface area contributed by atoms with E-state index in [1.54, 1.807) is 23.9 Å². The van der Waals surface area contributed by atoms with Crippen LogP contribution in [-0.2, 0) is 10.0 Å². The highest BCUT2D eigenvalue weighted by atomic mass is 32.2. The van der Waals surface area contributed by atoms with E-state index < -0.39 is 21.2 Å². The highest BCUT2D eigenvalue weighted by molar-refractivity contribution is 7.90. The maximum Gasteiger partial charge on any atom is 0.283 e. The van der Waals surface area contributed by atoms with E-state index in [1.807, 2.05) is 13.8 Å². The second-order valence-electron chi connectivity index (χ2n) is 6.52. The summed E-state index contributed by atoms with van der Waals surface area (Å²) >= 11 is 0. The average molecular weight is 327 g/mol. The maximum absolute atomic E-state index is 12.3. The first kappa shape index (κ1) is 17.0. The SMILES string of the molecule is CC(C)C[C@H](C)S(=O)(=O)NC(=O)c1ccnn1C1CCCC1. The lowest BCUT2D eigenvalue weighted by Gasteiger charge is -2.17. The number of rotatable bonds is 6. The molecular formula is C15H25N3O3S. The number of hydrogen-bond donors (Lipinski definition) is 1. The van der Waals surface area contributed by atoms with E-state index in [2.05, 4.69) is 9.82 Å². The summed E-state index contributed by atoms with van der Waals surface area (Å²) in [7, 11) is -3.66. The smallest absolute Gasteiger partial charge is 0.266 e. The largest absolute Gasteiger partial charge is 0.283 e. The molecule has 1 atom stereocenters. The molecule has 1 heterocycles. The van der Waals surface area contributed by atoms with Gasteiger partial charge in [-0.3, -0.25) is 9.48 Å². The lowest BCUT2D eigenvalue weighted by atomic mass is 10.1. The lowest BCUT2D eigenvalue weighted by Crippen LogP contribution is -2.38. The molecule has 1 amide bonds. The molecule has 2 rings (SSSR count). The van der Waals surface area contributed by atoms with E-state index in [1.165, 1.54) is 0 Å². The van der Waals surface area contributed by atoms with E-state index in [4.69, 9.17) is 0 Å². The van der Waals surface area contributed by atoms with Crippen molar-refractivity contribution in [3.8, 4) is 0 Å². The van der Waals surface area contributed by atoms with Crippen LogP contribution in [0.15, 0.2) is 12.3 Å². The number of nitrogens with zero attached hydrogens (tertiary/aromatic N) is 2. The Morgan fingerprint density at radius 2 is 2.00 bits per heavy atom. The van der Waals surface area contributed by atoms with Crippen LogP contribution in [-0.4, -0.2) is 29.4 Å². The van der Waals surface area contributed by atoms with Gasteiger partial charge >= 0.3 is 0 Å². The van der Waals surface area contributed by atoms with Gasteiger partial charge in [0.25, 0.3) is 5.91 Å². The first-order valence-corrected chi connectivity index (χ1v) is 9.45. The van der Waals surface area contributed by atoms with Crippen molar-refractivity contribution in [2.24, 2.45) is 5.92 Å². The number of aromatic nitrogens is 2. The predicted octanol–water partition coefficient (Wildman–Crippen LogP) is 2.49. The average Bonchev–Trinajstić information content (AvgIpc) is 3.08. The molecule has 0 spiro atoms. The highest BCUT2D eigenvalue weighted by Gasteiger charge is 2.28. The summed E-state index contributed by atoms with van der Waals surface area (Å²) < 4.78 is 28.4. The van der Waals surface area contributed by atoms with Gasteiger partial charge in [-0.05, 0) is 38.2 Å². The van der Waals surface area contributed by atoms with Gasteiger partial charge in [0.1, 0.15) is 5.69 Å². The molecule has 6 nitrogen and oxygen atoms in total. The van der Waals surface area contributed by atoms with Gasteiger partial charge in [0.05, 0.1) is 11.3 Å². The molecule has 1 N–H and O–H groups in total. The number of amides is 1. The normalized spacial score (nSPS) is 17.8. The van der Waals surface area contributed by atoms with Crippen molar-refractivity contribution in [2.45, 2.75) is 64.2 Å². The van der Waals surface area contributed by atoms with Crippen molar-refractivity contribution < 1.29 is 13.2 Å². The monoisotopic (exact) mass is 327 g/mol. The molecule has 0 unspecified atom stereocenters. The summed E-state index contributed by atoms with van der Waals surface area (Å²) in [5, 5.41) is 3.61. The standard InChI is InChI=1S/C15H25N3O3S/c1-11(2)10-12(3)22(20,21)17-15(19)14-8-9-16-18(14)13-6-4-5-7-13/h8-9,11-13H,4-7,10H2,1-3H3,(H,17,19)/t12-/m0/s1. The minimum absolute atomic E-state index is 0.201. The lowest BCUT2D eigenvalue weighted by molar-refractivity contribution is 0.0967. The topological polar surface area (TPSA) is 81.1 Å². The van der Waals surface area contributed by atoms with Crippen molar-refractivity contribution in [1.82, 2.24) is 14.5 Å². The Bertz CT molecular complexity index is 616. The second-order valence-corrected chi connectivity index (χ2v) is 8.61. The molecule has 1 aliphatic rings. The molecule has 0 aromatic carbocycles. The van der Waals surface area contributed by atoms with Gasteiger partial charge in [0, 0.05) is 6.20 Å². The minimum Gasteiger partial charge on any atom is -0.266 e. The fourth-order valence-electron chi connectivity index (χ4n) is 3.01. The number of nitrogens with one attached hydrogen (secondary N) is 1. The third-order valence-corrected chi connectivity index (χ3v) is 5.86. The summed E-state index contributed by atoms with van der Waals surface area (Å²) in [6, 6.07) is 1.78. The highest BCUT2D eigenvalue weighted by Crippen LogP contribution is 2.29. The van der Waals surface area contributed by atoms with Crippen LogP contribution in [0, 0.1) is 5.92 Å². The van der Waals surface area contributed by atoms with Crippen LogP contribution >= 0.6 is 0 Å². The van der Waals surface area contributed by atoms with Crippen molar-refractivity contribution in [3.63, 3.8) is 0 Å². The Morgan fingerprint density at radius 1 is 1.36 bits per heavy atom. The predicted molar refractivity (Wildman–Crippen MR) is 85.0 cm³/mol. The van der Waals surface area contributed by atoms with Crippen LogP contribution in [0.2, 0.25) is 0 Å². The summed E-state index contributed by atoms with van der Waals surface area (Å²) in [6.07, 6.45) is 6.28. The number of carbonyl (C=O) groups excluding carboxylic acids is 1. The zero-order chi connectivity index (χ0) is 16.3. The third kappa shape index (κ3) is 3.88. The third-order valence-electron chi connectivity index (χ3n) is 4.14. The van der Waals surface area contributed by atoms with Crippen molar-refractivity contribution in [2.75, 3.05) is 0 Å². The fraction of sp³-hybridized carbons (Fsp3) is 0.733. The molecule has 124 valence electrons. The van der Waals surface area contributed by atoms with Crippen LogP contribution in [0.1, 0.15) is 69.4 Å². The number of hydrogen-bond acceptors (Lipinski definition) is 4. The molecule has 0 aliphatic heterocycles. The van der Waals surface area contributed by atoms with Crippen LogP contribution in [0.5, 0.6) is 0 Å². The van der Waals surface area contributed by atoms with Gasteiger partial charge in [-0.2, -0.15) is 5.10 Å². The second kappa shape index (κ2) is 6.81. The van der Waals surface area contributed by atoms with Crippen molar-refractivity contribution in [3.05, 3.63) is 18.0 Å². The molecule has 0 radical (unpaired) electrons. The van der Waals surface area contributed by atoms with Gasteiger partial charge in [0.2, 0.25) is 10.0 Å². The van der Waals surface area contributed by atoms with Gasteiger partial charge in [-0.25, -0.2) is 13.1 Å². The molecular weight excluding hydrogens is 302 g/mol. The molecule has 0 bridgehead atoms. The van der Waals surface area contributed by atoms with Gasteiger partial charge in [0.15, 0.2) is 0 Å². The zero-order valence-electron chi connectivity index (χ0n) is 13.4. The molecule has 22 heavy (non-hydrogen) atoms. The van der Waals surface area contributed by atoms with Gasteiger partial charge < -0.3 is 0 Å². The Morgan fingerprint density at radius 3 is 2.59 bits per heavy atom. The molecule has 1 aromatic rings.